The molecule has 1 unspecified atom stereocenters. The number of piperidine rings is 1. The van der Waals surface area contributed by atoms with E-state index < -0.39 is 0 Å². The molecule has 2 aromatic heterocycles. The minimum atomic E-state index is 0.00270. The molecule has 3 rings (SSSR count). The van der Waals surface area contributed by atoms with Crippen molar-refractivity contribution in [2.24, 2.45) is 5.92 Å². The topological polar surface area (TPSA) is 84.7 Å². The zero-order chi connectivity index (χ0) is 16.9. The Morgan fingerprint density at radius 3 is 3.17 bits per heavy atom. The van der Waals surface area contributed by atoms with Gasteiger partial charge in [0.25, 0.3) is 5.78 Å². The lowest BCUT2D eigenvalue weighted by Gasteiger charge is -2.33. The van der Waals surface area contributed by atoms with E-state index in [0.29, 0.717) is 18.9 Å². The highest BCUT2D eigenvalue weighted by atomic mass is 16.5. The van der Waals surface area contributed by atoms with E-state index in [0.717, 1.165) is 43.9 Å². The van der Waals surface area contributed by atoms with Crippen molar-refractivity contribution in [3.8, 4) is 0 Å². The molecule has 130 valence electrons. The van der Waals surface area contributed by atoms with Crippen molar-refractivity contribution in [1.82, 2.24) is 24.9 Å². The molecule has 1 saturated heterocycles. The number of anilines is 1. The summed E-state index contributed by atoms with van der Waals surface area (Å²) < 4.78 is 6.92. The predicted molar refractivity (Wildman–Crippen MR) is 89.7 cm³/mol. The second-order valence-corrected chi connectivity index (χ2v) is 6.09. The smallest absolute Gasteiger partial charge is 0.254 e. The minimum absolute atomic E-state index is 0.00270. The molecule has 3 heterocycles. The molecule has 8 heteroatoms. The normalized spacial score (nSPS) is 18.1. The van der Waals surface area contributed by atoms with E-state index in [4.69, 9.17) is 4.74 Å². The maximum atomic E-state index is 12.3. The number of carbonyl (C=O) groups is 1. The molecule has 8 nitrogen and oxygen atoms in total. The number of ether oxygens (including phenoxy) is 1. The Morgan fingerprint density at radius 1 is 1.50 bits per heavy atom. The number of carbonyl (C=O) groups excluding carboxylic acids is 1. The van der Waals surface area contributed by atoms with Gasteiger partial charge >= 0.3 is 0 Å². The second kappa shape index (κ2) is 7.57. The Hall–Kier alpha value is -2.22. The summed E-state index contributed by atoms with van der Waals surface area (Å²) in [4.78, 5) is 23.1. The maximum Gasteiger partial charge on any atom is 0.254 e. The number of amides is 1. The number of aromatic nitrogens is 4. The zero-order valence-corrected chi connectivity index (χ0v) is 14.2. The second-order valence-electron chi connectivity index (χ2n) is 6.09. The predicted octanol–water partition coefficient (Wildman–Crippen LogP) is 1.01. The van der Waals surface area contributed by atoms with Crippen LogP contribution in [0.25, 0.3) is 5.78 Å². The first-order valence-electron chi connectivity index (χ1n) is 8.44. The number of rotatable bonds is 6. The number of hydrogen-bond acceptors (Lipinski definition) is 6. The molecule has 0 aliphatic carbocycles. The molecule has 1 aliphatic rings. The van der Waals surface area contributed by atoms with Gasteiger partial charge in [-0.15, -0.1) is 0 Å². The lowest BCUT2D eigenvalue weighted by Crippen LogP contribution is -2.44. The van der Waals surface area contributed by atoms with Crippen LogP contribution in [-0.4, -0.2) is 52.2 Å². The molecular weight excluding hydrogens is 308 g/mol. The van der Waals surface area contributed by atoms with Gasteiger partial charge in [0, 0.05) is 32.8 Å². The van der Waals surface area contributed by atoms with Gasteiger partial charge in [0.05, 0.1) is 18.2 Å². The highest BCUT2D eigenvalue weighted by Crippen LogP contribution is 2.24. The third kappa shape index (κ3) is 3.48. The van der Waals surface area contributed by atoms with Crippen LogP contribution in [0.15, 0.2) is 12.4 Å². The summed E-state index contributed by atoms with van der Waals surface area (Å²) in [7, 11) is 1.64. The quantitative estimate of drug-likeness (QED) is 0.850. The fourth-order valence-electron chi connectivity index (χ4n) is 3.08. The molecule has 1 amide bonds. The van der Waals surface area contributed by atoms with Crippen LogP contribution < -0.4 is 10.2 Å². The van der Waals surface area contributed by atoms with Crippen LogP contribution in [0, 0.1) is 5.92 Å². The van der Waals surface area contributed by atoms with Gasteiger partial charge in [-0.2, -0.15) is 14.6 Å². The molecular formula is C16H24N6O2. The molecule has 1 fully saturated rings. The van der Waals surface area contributed by atoms with Crippen LogP contribution in [-0.2, 0) is 16.1 Å². The highest BCUT2D eigenvalue weighted by molar-refractivity contribution is 5.79. The van der Waals surface area contributed by atoms with E-state index in [1.165, 1.54) is 6.33 Å². The van der Waals surface area contributed by atoms with E-state index in [1.54, 1.807) is 11.6 Å². The summed E-state index contributed by atoms with van der Waals surface area (Å²) in [5.41, 5.74) is 0.811. The monoisotopic (exact) mass is 332 g/mol. The number of nitrogens with one attached hydrogen (secondary N) is 1. The molecule has 0 saturated carbocycles. The van der Waals surface area contributed by atoms with Gasteiger partial charge in [0.2, 0.25) is 5.91 Å². The van der Waals surface area contributed by atoms with Crippen LogP contribution in [0.2, 0.25) is 0 Å². The Kier molecular flexibility index (Phi) is 5.24. The molecule has 24 heavy (non-hydrogen) atoms. The molecule has 1 atom stereocenters. The largest absolute Gasteiger partial charge is 0.378 e. The van der Waals surface area contributed by atoms with Crippen molar-refractivity contribution in [2.45, 2.75) is 32.8 Å². The standard InChI is InChI=1S/C16H24N6O2/c1-3-6-17-15(23)12-5-4-7-21(9-12)14-8-13(10-24-2)20-16-18-11-19-22(14)16/h8,11-12H,3-7,9-10H2,1-2H3,(H,17,23). The Labute approximate surface area is 141 Å². The Bertz CT molecular complexity index is 701. The van der Waals surface area contributed by atoms with Crippen molar-refractivity contribution < 1.29 is 9.53 Å². The molecule has 0 spiro atoms. The molecule has 1 N–H and O–H groups in total. The van der Waals surface area contributed by atoms with Crippen LogP contribution in [0.1, 0.15) is 31.9 Å². The van der Waals surface area contributed by atoms with Crippen molar-refractivity contribution >= 4 is 17.5 Å². The summed E-state index contributed by atoms with van der Waals surface area (Å²) in [6.45, 7) is 4.79. The van der Waals surface area contributed by atoms with Gasteiger partial charge in [0.15, 0.2) is 0 Å². The van der Waals surface area contributed by atoms with E-state index in [2.05, 4.69) is 32.2 Å². The van der Waals surface area contributed by atoms with E-state index in [1.807, 2.05) is 6.07 Å². The molecule has 1 aliphatic heterocycles. The van der Waals surface area contributed by atoms with E-state index in [-0.39, 0.29) is 11.8 Å². The summed E-state index contributed by atoms with van der Waals surface area (Å²) in [6.07, 6.45) is 4.34. The van der Waals surface area contributed by atoms with Gasteiger partial charge in [-0.05, 0) is 19.3 Å². The summed E-state index contributed by atoms with van der Waals surface area (Å²) >= 11 is 0. The highest BCUT2D eigenvalue weighted by Gasteiger charge is 2.27. The SMILES string of the molecule is CCCNC(=O)C1CCCN(c2cc(COC)nc3ncnn23)C1. The fraction of sp³-hybridized carbons (Fsp3) is 0.625. The van der Waals surface area contributed by atoms with Crippen LogP contribution in [0.3, 0.4) is 0 Å². The number of methoxy groups -OCH3 is 1. The summed E-state index contributed by atoms with van der Waals surface area (Å²) in [5.74, 6) is 1.61. The first kappa shape index (κ1) is 16.6. The third-order valence-corrected chi connectivity index (χ3v) is 4.24. The van der Waals surface area contributed by atoms with E-state index >= 15 is 0 Å². The fourth-order valence-corrected chi connectivity index (χ4v) is 3.08. The van der Waals surface area contributed by atoms with Gasteiger partial charge in [0.1, 0.15) is 12.1 Å². The van der Waals surface area contributed by atoms with Crippen LogP contribution in [0.4, 0.5) is 5.82 Å². The zero-order valence-electron chi connectivity index (χ0n) is 14.2. The Morgan fingerprint density at radius 2 is 2.38 bits per heavy atom. The summed E-state index contributed by atoms with van der Waals surface area (Å²) in [5, 5.41) is 7.28. The van der Waals surface area contributed by atoms with E-state index in [9.17, 15) is 4.79 Å². The lowest BCUT2D eigenvalue weighted by molar-refractivity contribution is -0.125. The number of nitrogens with zero attached hydrogens (tertiary/aromatic N) is 5. The number of fused-ring (bicyclic) bond motifs is 1. The first-order chi connectivity index (χ1) is 11.7. The van der Waals surface area contributed by atoms with Crippen LogP contribution in [0.5, 0.6) is 0 Å². The molecule has 2 aromatic rings. The van der Waals surface area contributed by atoms with Crippen molar-refractivity contribution in [3.63, 3.8) is 0 Å². The van der Waals surface area contributed by atoms with Gasteiger partial charge in [-0.3, -0.25) is 4.79 Å². The van der Waals surface area contributed by atoms with Gasteiger partial charge < -0.3 is 15.0 Å². The first-order valence-corrected chi connectivity index (χ1v) is 8.44. The molecule has 0 radical (unpaired) electrons. The Balaban J connectivity index is 1.83. The maximum absolute atomic E-state index is 12.3. The lowest BCUT2D eigenvalue weighted by atomic mass is 9.97. The van der Waals surface area contributed by atoms with Crippen molar-refractivity contribution in [2.75, 3.05) is 31.6 Å². The molecule has 0 aromatic carbocycles. The molecule has 0 bridgehead atoms. The minimum Gasteiger partial charge on any atom is -0.378 e. The number of hydrogen-bond donors (Lipinski definition) is 1. The van der Waals surface area contributed by atoms with Gasteiger partial charge in [-0.1, -0.05) is 6.92 Å². The average molecular weight is 332 g/mol. The summed E-state index contributed by atoms with van der Waals surface area (Å²) in [6, 6.07) is 1.97. The average Bonchev–Trinajstić information content (AvgIpc) is 3.08. The third-order valence-electron chi connectivity index (χ3n) is 4.24. The van der Waals surface area contributed by atoms with Gasteiger partial charge in [-0.25, -0.2) is 4.98 Å². The van der Waals surface area contributed by atoms with Crippen molar-refractivity contribution in [1.29, 1.82) is 0 Å². The van der Waals surface area contributed by atoms with Crippen LogP contribution >= 0.6 is 0 Å². The van der Waals surface area contributed by atoms with Crippen molar-refractivity contribution in [3.05, 3.63) is 18.1 Å².